The minimum Gasteiger partial charge on any atom is -0.389 e. The maximum atomic E-state index is 10.1. The van der Waals surface area contributed by atoms with Gasteiger partial charge in [-0.2, -0.15) is 0 Å². The summed E-state index contributed by atoms with van der Waals surface area (Å²) in [5.74, 6) is 0.963. The van der Waals surface area contributed by atoms with Crippen LogP contribution in [-0.4, -0.2) is 26.8 Å². The summed E-state index contributed by atoms with van der Waals surface area (Å²) in [6.07, 6.45) is 2.91. The molecule has 3 rings (SSSR count). The van der Waals surface area contributed by atoms with Crippen LogP contribution in [0.5, 0.6) is 0 Å². The fourth-order valence-corrected chi connectivity index (χ4v) is 2.94. The third-order valence-electron chi connectivity index (χ3n) is 4.29. The van der Waals surface area contributed by atoms with Crippen molar-refractivity contribution in [2.45, 2.75) is 37.8 Å². The lowest BCUT2D eigenvalue weighted by molar-refractivity contribution is -0.0331. The lowest BCUT2D eigenvalue weighted by atomic mass is 9.80. The van der Waals surface area contributed by atoms with E-state index in [1.807, 2.05) is 25.2 Å². The molecule has 20 heavy (non-hydrogen) atoms. The predicted molar refractivity (Wildman–Crippen MR) is 80.9 cm³/mol. The van der Waals surface area contributed by atoms with Crippen molar-refractivity contribution < 1.29 is 5.11 Å². The molecular formula is C15H20ClN3O. The molecular weight excluding hydrogens is 274 g/mol. The third-order valence-corrected chi connectivity index (χ3v) is 4.52. The number of aliphatic hydroxyl groups is 1. The number of fused-ring (bicyclic) bond motifs is 1. The summed E-state index contributed by atoms with van der Waals surface area (Å²) in [5.41, 5.74) is 1.47. The number of nitrogens with zero attached hydrogens (tertiary/aromatic N) is 2. The average molecular weight is 294 g/mol. The van der Waals surface area contributed by atoms with E-state index in [2.05, 4.69) is 21.8 Å². The molecule has 0 amide bonds. The SMILES string of the molecule is CC(NCC1(O)CCC1)c1nc2cc(Cl)ccc2n1C. The van der Waals surface area contributed by atoms with Gasteiger partial charge in [0.1, 0.15) is 5.82 Å². The normalized spacial score (nSPS) is 19.0. The Kier molecular flexibility index (Phi) is 3.48. The fraction of sp³-hybridized carbons (Fsp3) is 0.533. The van der Waals surface area contributed by atoms with Crippen LogP contribution in [0.2, 0.25) is 5.02 Å². The smallest absolute Gasteiger partial charge is 0.126 e. The van der Waals surface area contributed by atoms with E-state index in [1.165, 1.54) is 0 Å². The predicted octanol–water partition coefficient (Wildman–Crippen LogP) is 2.79. The molecule has 0 spiro atoms. The summed E-state index contributed by atoms with van der Waals surface area (Å²) < 4.78 is 2.08. The molecule has 108 valence electrons. The van der Waals surface area contributed by atoms with Gasteiger partial charge in [-0.15, -0.1) is 0 Å². The quantitative estimate of drug-likeness (QED) is 0.911. The van der Waals surface area contributed by atoms with Crippen molar-refractivity contribution in [1.82, 2.24) is 14.9 Å². The summed E-state index contributed by atoms with van der Waals surface area (Å²) in [7, 11) is 2.01. The number of rotatable bonds is 4. The highest BCUT2D eigenvalue weighted by Gasteiger charge is 2.34. The Balaban J connectivity index is 1.80. The molecule has 0 saturated heterocycles. The monoisotopic (exact) mass is 293 g/mol. The van der Waals surface area contributed by atoms with Gasteiger partial charge >= 0.3 is 0 Å². The first-order valence-electron chi connectivity index (χ1n) is 7.06. The van der Waals surface area contributed by atoms with Crippen LogP contribution in [0.1, 0.15) is 38.1 Å². The molecule has 1 aromatic heterocycles. The molecule has 2 aromatic rings. The summed E-state index contributed by atoms with van der Waals surface area (Å²) >= 11 is 6.01. The zero-order chi connectivity index (χ0) is 14.3. The van der Waals surface area contributed by atoms with E-state index in [4.69, 9.17) is 11.6 Å². The molecule has 1 atom stereocenters. The Labute approximate surface area is 123 Å². The second-order valence-corrected chi connectivity index (χ2v) is 6.28. The number of hydrogen-bond acceptors (Lipinski definition) is 3. The highest BCUT2D eigenvalue weighted by molar-refractivity contribution is 6.31. The lowest BCUT2D eigenvalue weighted by Crippen LogP contribution is -2.46. The molecule has 1 unspecified atom stereocenters. The van der Waals surface area contributed by atoms with Gasteiger partial charge in [0.05, 0.1) is 22.7 Å². The lowest BCUT2D eigenvalue weighted by Gasteiger charge is -2.37. The van der Waals surface area contributed by atoms with Crippen LogP contribution >= 0.6 is 11.6 Å². The maximum Gasteiger partial charge on any atom is 0.126 e. The molecule has 1 saturated carbocycles. The molecule has 1 heterocycles. The zero-order valence-electron chi connectivity index (χ0n) is 11.9. The first-order valence-corrected chi connectivity index (χ1v) is 7.44. The van der Waals surface area contributed by atoms with Crippen molar-refractivity contribution >= 4 is 22.6 Å². The van der Waals surface area contributed by atoms with Gasteiger partial charge in [0.2, 0.25) is 0 Å². The minimum absolute atomic E-state index is 0.0933. The molecule has 2 N–H and O–H groups in total. The summed E-state index contributed by atoms with van der Waals surface area (Å²) in [4.78, 5) is 4.65. The molecule has 0 radical (unpaired) electrons. The second kappa shape index (κ2) is 5.02. The largest absolute Gasteiger partial charge is 0.389 e. The second-order valence-electron chi connectivity index (χ2n) is 5.84. The minimum atomic E-state index is -0.512. The van der Waals surface area contributed by atoms with E-state index in [-0.39, 0.29) is 6.04 Å². The zero-order valence-corrected chi connectivity index (χ0v) is 12.6. The van der Waals surface area contributed by atoms with Crippen LogP contribution in [0.25, 0.3) is 11.0 Å². The van der Waals surface area contributed by atoms with E-state index in [1.54, 1.807) is 0 Å². The molecule has 1 aliphatic rings. The van der Waals surface area contributed by atoms with Gasteiger partial charge in [-0.05, 0) is 44.4 Å². The van der Waals surface area contributed by atoms with Gasteiger partial charge in [-0.3, -0.25) is 0 Å². The summed E-state index contributed by atoms with van der Waals surface area (Å²) in [6, 6.07) is 5.84. The Bertz CT molecular complexity index is 633. The number of nitrogens with one attached hydrogen (secondary N) is 1. The number of halogens is 1. The molecule has 4 nitrogen and oxygen atoms in total. The van der Waals surface area contributed by atoms with Gasteiger partial charge in [0.25, 0.3) is 0 Å². The molecule has 0 bridgehead atoms. The summed E-state index contributed by atoms with van der Waals surface area (Å²) in [6.45, 7) is 2.70. The Morgan fingerprint density at radius 1 is 1.50 bits per heavy atom. The van der Waals surface area contributed by atoms with E-state index in [0.29, 0.717) is 11.6 Å². The topological polar surface area (TPSA) is 50.1 Å². The highest BCUT2D eigenvalue weighted by Crippen LogP contribution is 2.31. The first-order chi connectivity index (χ1) is 9.48. The molecule has 5 heteroatoms. The average Bonchev–Trinajstić information content (AvgIpc) is 2.70. The van der Waals surface area contributed by atoms with Crippen LogP contribution in [0, 0.1) is 0 Å². The van der Waals surface area contributed by atoms with Gasteiger partial charge in [0, 0.05) is 18.6 Å². The molecule has 0 aliphatic heterocycles. The fourth-order valence-electron chi connectivity index (χ4n) is 2.77. The van der Waals surface area contributed by atoms with Gasteiger partial charge in [-0.1, -0.05) is 11.6 Å². The van der Waals surface area contributed by atoms with Crippen LogP contribution < -0.4 is 5.32 Å². The van der Waals surface area contributed by atoms with Crippen LogP contribution in [0.3, 0.4) is 0 Å². The van der Waals surface area contributed by atoms with Crippen LogP contribution in [-0.2, 0) is 7.05 Å². The van der Waals surface area contributed by atoms with E-state index in [0.717, 1.165) is 36.1 Å². The van der Waals surface area contributed by atoms with Gasteiger partial charge in [-0.25, -0.2) is 4.98 Å². The summed E-state index contributed by atoms with van der Waals surface area (Å²) in [5, 5.41) is 14.2. The van der Waals surface area contributed by atoms with Gasteiger partial charge in [0.15, 0.2) is 0 Å². The van der Waals surface area contributed by atoms with Crippen LogP contribution in [0.4, 0.5) is 0 Å². The number of imidazole rings is 1. The Morgan fingerprint density at radius 3 is 2.90 bits per heavy atom. The molecule has 1 aliphatic carbocycles. The van der Waals surface area contributed by atoms with Crippen LogP contribution in [0.15, 0.2) is 18.2 Å². The molecule has 1 aromatic carbocycles. The number of hydrogen-bond donors (Lipinski definition) is 2. The first kappa shape index (κ1) is 13.9. The third kappa shape index (κ3) is 2.43. The van der Waals surface area contributed by atoms with Gasteiger partial charge < -0.3 is 15.0 Å². The number of benzene rings is 1. The van der Waals surface area contributed by atoms with E-state index >= 15 is 0 Å². The number of aromatic nitrogens is 2. The van der Waals surface area contributed by atoms with E-state index < -0.39 is 5.60 Å². The molecule has 1 fully saturated rings. The van der Waals surface area contributed by atoms with Crippen molar-refractivity contribution in [3.8, 4) is 0 Å². The van der Waals surface area contributed by atoms with Crippen molar-refractivity contribution in [1.29, 1.82) is 0 Å². The van der Waals surface area contributed by atoms with Crippen molar-refractivity contribution in [3.05, 3.63) is 29.0 Å². The van der Waals surface area contributed by atoms with Crippen molar-refractivity contribution in [2.75, 3.05) is 6.54 Å². The van der Waals surface area contributed by atoms with Crippen molar-refractivity contribution in [3.63, 3.8) is 0 Å². The maximum absolute atomic E-state index is 10.1. The Hall–Kier alpha value is -1.10. The Morgan fingerprint density at radius 2 is 2.25 bits per heavy atom. The number of aryl methyl sites for hydroxylation is 1. The standard InChI is InChI=1S/C15H20ClN3O/c1-10(17-9-15(20)6-3-7-15)14-18-12-8-11(16)4-5-13(12)19(14)2/h4-5,8,10,17,20H,3,6-7,9H2,1-2H3. The van der Waals surface area contributed by atoms with Crippen molar-refractivity contribution in [2.24, 2.45) is 7.05 Å². The van der Waals surface area contributed by atoms with E-state index in [9.17, 15) is 5.11 Å². The highest BCUT2D eigenvalue weighted by atomic mass is 35.5.